The average Bonchev–Trinajstić information content (AvgIpc) is 3.61. The molecule has 0 radical (unpaired) electrons. The number of ketones is 1. The Bertz CT molecular complexity index is 1460. The lowest BCUT2D eigenvalue weighted by atomic mass is 9.95. The number of hydrogen-bond donors (Lipinski definition) is 1. The van der Waals surface area contributed by atoms with E-state index in [9.17, 15) is 14.7 Å². The number of furan rings is 1. The van der Waals surface area contributed by atoms with E-state index in [-0.39, 0.29) is 11.3 Å². The topological polar surface area (TPSA) is 102 Å². The summed E-state index contributed by atoms with van der Waals surface area (Å²) in [6.07, 6.45) is 2.20. The minimum atomic E-state index is -0.924. The molecule has 2 aromatic carbocycles. The van der Waals surface area contributed by atoms with Gasteiger partial charge in [-0.15, -0.1) is 0 Å². The zero-order valence-electron chi connectivity index (χ0n) is 19.8. The van der Waals surface area contributed by atoms with Gasteiger partial charge in [-0.1, -0.05) is 30.4 Å². The fourth-order valence-corrected chi connectivity index (χ4v) is 5.16. The molecule has 36 heavy (non-hydrogen) atoms. The van der Waals surface area contributed by atoms with Gasteiger partial charge in [-0.25, -0.2) is 4.98 Å². The second-order valence-electron chi connectivity index (χ2n) is 8.13. The highest BCUT2D eigenvalue weighted by Gasteiger charge is 2.46. The van der Waals surface area contributed by atoms with Crippen LogP contribution >= 0.6 is 11.3 Å². The molecule has 184 valence electrons. The van der Waals surface area contributed by atoms with Gasteiger partial charge in [0.05, 0.1) is 41.3 Å². The van der Waals surface area contributed by atoms with Gasteiger partial charge in [-0.05, 0) is 61.4 Å². The van der Waals surface area contributed by atoms with Crippen LogP contribution in [-0.4, -0.2) is 35.0 Å². The van der Waals surface area contributed by atoms with Crippen molar-refractivity contribution in [1.82, 2.24) is 4.98 Å². The van der Waals surface area contributed by atoms with Crippen LogP contribution in [0.5, 0.6) is 11.5 Å². The van der Waals surface area contributed by atoms with Crippen molar-refractivity contribution in [3.63, 3.8) is 0 Å². The maximum absolute atomic E-state index is 13.4. The van der Waals surface area contributed by atoms with Crippen molar-refractivity contribution in [3.8, 4) is 11.5 Å². The molecule has 0 bridgehead atoms. The molecule has 0 saturated carbocycles. The van der Waals surface area contributed by atoms with Gasteiger partial charge in [0.1, 0.15) is 11.5 Å². The molecule has 4 aromatic rings. The number of carbonyl (C=O) groups excluding carboxylic acids is 2. The minimum absolute atomic E-state index is 0.0280. The molecule has 0 aliphatic carbocycles. The number of anilines is 1. The molecular weight excluding hydrogens is 480 g/mol. The number of rotatable bonds is 9. The summed E-state index contributed by atoms with van der Waals surface area (Å²) in [6.45, 7) is 4.96. The van der Waals surface area contributed by atoms with E-state index in [0.717, 1.165) is 11.1 Å². The van der Waals surface area contributed by atoms with E-state index in [4.69, 9.17) is 13.9 Å². The largest absolute Gasteiger partial charge is 0.503 e. The van der Waals surface area contributed by atoms with Crippen molar-refractivity contribution in [2.45, 2.75) is 26.3 Å². The Hall–Kier alpha value is -4.11. The van der Waals surface area contributed by atoms with E-state index in [0.29, 0.717) is 40.9 Å². The summed E-state index contributed by atoms with van der Waals surface area (Å²) in [5.41, 5.74) is 1.21. The van der Waals surface area contributed by atoms with Gasteiger partial charge in [0.15, 0.2) is 16.7 Å². The Morgan fingerprint density at radius 1 is 1.11 bits per heavy atom. The molecule has 1 aliphatic heterocycles. The normalized spacial score (nSPS) is 15.7. The molecule has 5 rings (SSSR count). The first-order valence-electron chi connectivity index (χ1n) is 11.6. The summed E-state index contributed by atoms with van der Waals surface area (Å²) in [4.78, 5) is 32.8. The molecule has 1 N–H and O–H groups in total. The van der Waals surface area contributed by atoms with Crippen LogP contribution in [0.2, 0.25) is 0 Å². The number of Topliss-reactive ketones (excluding diaryl/α,β-unsaturated/α-hetero) is 1. The number of aromatic nitrogens is 1. The number of nitrogens with zero attached hydrogens (tertiary/aromatic N) is 2. The number of benzene rings is 2. The SMILES string of the molecule is CCCOc1cccc(C2C(C(=O)c3ccco3)=C(O)C(=O)N2c2nc3ccc(OCC)cc3s2)c1. The quantitative estimate of drug-likeness (QED) is 0.285. The van der Waals surface area contributed by atoms with Crippen LogP contribution in [0.25, 0.3) is 10.2 Å². The van der Waals surface area contributed by atoms with Crippen LogP contribution in [0.15, 0.2) is 76.6 Å². The van der Waals surface area contributed by atoms with Crippen LogP contribution in [0.4, 0.5) is 5.13 Å². The van der Waals surface area contributed by atoms with E-state index >= 15 is 0 Å². The third-order valence-corrected chi connectivity index (χ3v) is 6.73. The van der Waals surface area contributed by atoms with Gasteiger partial charge in [0, 0.05) is 0 Å². The molecule has 8 nitrogen and oxygen atoms in total. The van der Waals surface area contributed by atoms with Gasteiger partial charge in [0.25, 0.3) is 5.91 Å². The maximum atomic E-state index is 13.4. The first kappa shape index (κ1) is 23.6. The molecular formula is C27H24N2O6S. The first-order chi connectivity index (χ1) is 17.5. The van der Waals surface area contributed by atoms with E-state index in [1.807, 2.05) is 38.1 Å². The minimum Gasteiger partial charge on any atom is -0.503 e. The van der Waals surface area contributed by atoms with E-state index < -0.39 is 23.5 Å². The molecule has 1 unspecified atom stereocenters. The highest BCUT2D eigenvalue weighted by molar-refractivity contribution is 7.22. The van der Waals surface area contributed by atoms with Crippen molar-refractivity contribution < 1.29 is 28.6 Å². The standard InChI is InChI=1S/C27H24N2O6S/c1-3-12-34-17-8-5-7-16(14-17)23-22(24(30)20-9-6-13-35-20)25(31)26(32)29(23)27-28-19-11-10-18(33-4-2)15-21(19)36-27/h5-11,13-15,23,31H,3-4,12H2,1-2H3. The number of fused-ring (bicyclic) bond motifs is 1. The predicted octanol–water partition coefficient (Wildman–Crippen LogP) is 5.86. The summed E-state index contributed by atoms with van der Waals surface area (Å²) >= 11 is 1.28. The van der Waals surface area contributed by atoms with Crippen molar-refractivity contribution in [2.24, 2.45) is 0 Å². The second kappa shape index (κ2) is 9.87. The molecule has 0 spiro atoms. The summed E-state index contributed by atoms with van der Waals surface area (Å²) in [7, 11) is 0. The summed E-state index contributed by atoms with van der Waals surface area (Å²) in [6, 6.07) is 14.8. The maximum Gasteiger partial charge on any atom is 0.296 e. The van der Waals surface area contributed by atoms with Crippen LogP contribution in [0.3, 0.4) is 0 Å². The zero-order chi connectivity index (χ0) is 25.2. The lowest BCUT2D eigenvalue weighted by Crippen LogP contribution is -2.31. The lowest BCUT2D eigenvalue weighted by molar-refractivity contribution is -0.117. The monoisotopic (exact) mass is 504 g/mol. The number of aliphatic hydroxyl groups excluding tert-OH is 1. The molecule has 1 aliphatic rings. The van der Waals surface area contributed by atoms with Gasteiger partial charge in [-0.2, -0.15) is 0 Å². The Morgan fingerprint density at radius 2 is 1.94 bits per heavy atom. The molecule has 9 heteroatoms. The van der Waals surface area contributed by atoms with E-state index in [1.54, 1.807) is 24.3 Å². The smallest absolute Gasteiger partial charge is 0.296 e. The van der Waals surface area contributed by atoms with E-state index in [1.165, 1.54) is 28.6 Å². The van der Waals surface area contributed by atoms with Crippen LogP contribution in [0.1, 0.15) is 42.4 Å². The molecule has 1 amide bonds. The lowest BCUT2D eigenvalue weighted by Gasteiger charge is -2.24. The van der Waals surface area contributed by atoms with Gasteiger partial charge < -0.3 is 19.0 Å². The number of carbonyl (C=O) groups is 2. The third-order valence-electron chi connectivity index (χ3n) is 5.71. The fraction of sp³-hybridized carbons (Fsp3) is 0.222. The molecule has 0 fully saturated rings. The Balaban J connectivity index is 1.63. The van der Waals surface area contributed by atoms with Crippen molar-refractivity contribution >= 4 is 38.4 Å². The van der Waals surface area contributed by atoms with Crippen molar-refractivity contribution in [3.05, 3.63) is 83.5 Å². The third kappa shape index (κ3) is 4.22. The molecule has 1 atom stereocenters. The number of aliphatic hydroxyl groups is 1. The summed E-state index contributed by atoms with van der Waals surface area (Å²) < 4.78 is 17.5. The van der Waals surface area contributed by atoms with Gasteiger partial charge in [0.2, 0.25) is 5.78 Å². The highest BCUT2D eigenvalue weighted by atomic mass is 32.1. The van der Waals surface area contributed by atoms with Gasteiger partial charge >= 0.3 is 0 Å². The second-order valence-corrected chi connectivity index (χ2v) is 9.14. The van der Waals surface area contributed by atoms with Crippen LogP contribution in [0, 0.1) is 0 Å². The van der Waals surface area contributed by atoms with Crippen LogP contribution in [-0.2, 0) is 4.79 Å². The fourth-order valence-electron chi connectivity index (χ4n) is 4.14. The number of thiazole rings is 1. The summed E-state index contributed by atoms with van der Waals surface area (Å²) in [5.74, 6) is -0.587. The number of ether oxygens (including phenoxy) is 2. The van der Waals surface area contributed by atoms with Crippen molar-refractivity contribution in [2.75, 3.05) is 18.1 Å². The first-order valence-corrected chi connectivity index (χ1v) is 12.4. The zero-order valence-corrected chi connectivity index (χ0v) is 20.6. The Labute approximate surface area is 211 Å². The van der Waals surface area contributed by atoms with E-state index in [2.05, 4.69) is 4.98 Å². The molecule has 3 heterocycles. The van der Waals surface area contributed by atoms with Crippen LogP contribution < -0.4 is 14.4 Å². The molecule has 2 aromatic heterocycles. The predicted molar refractivity (Wildman–Crippen MR) is 136 cm³/mol. The highest BCUT2D eigenvalue weighted by Crippen LogP contribution is 2.45. The Kier molecular flexibility index (Phi) is 6.47. The number of amides is 1. The van der Waals surface area contributed by atoms with Crippen molar-refractivity contribution in [1.29, 1.82) is 0 Å². The summed E-state index contributed by atoms with van der Waals surface area (Å²) in [5, 5.41) is 11.3. The number of hydrogen-bond acceptors (Lipinski definition) is 8. The Morgan fingerprint density at radius 3 is 2.69 bits per heavy atom. The average molecular weight is 505 g/mol. The van der Waals surface area contributed by atoms with Gasteiger partial charge in [-0.3, -0.25) is 14.5 Å². The molecule has 0 saturated heterocycles.